The minimum absolute atomic E-state index is 0.0394. The van der Waals surface area contributed by atoms with E-state index in [1.54, 1.807) is 0 Å². The SMILES string of the molecule is CC(C)CN(CC(C)C)c1nccc(C(=O)O)n1. The van der Waals surface area contributed by atoms with Gasteiger partial charge in [0.1, 0.15) is 0 Å². The number of hydrogen-bond acceptors (Lipinski definition) is 4. The van der Waals surface area contributed by atoms with Crippen LogP contribution in [0.4, 0.5) is 5.95 Å². The van der Waals surface area contributed by atoms with Crippen molar-refractivity contribution in [1.82, 2.24) is 9.97 Å². The van der Waals surface area contributed by atoms with E-state index in [-0.39, 0.29) is 5.69 Å². The molecular weight excluding hydrogens is 230 g/mol. The predicted molar refractivity (Wildman–Crippen MR) is 70.9 cm³/mol. The standard InChI is InChI=1S/C13H21N3O2/c1-9(2)7-16(8-10(3)4)13-14-6-5-11(15-13)12(17)18/h5-6,9-10H,7-8H2,1-4H3,(H,17,18). The molecule has 0 fully saturated rings. The van der Waals surface area contributed by atoms with Crippen molar-refractivity contribution in [1.29, 1.82) is 0 Å². The van der Waals surface area contributed by atoms with Gasteiger partial charge < -0.3 is 10.0 Å². The van der Waals surface area contributed by atoms with E-state index >= 15 is 0 Å². The van der Waals surface area contributed by atoms with Gasteiger partial charge >= 0.3 is 5.97 Å². The van der Waals surface area contributed by atoms with Crippen LogP contribution in [-0.2, 0) is 0 Å². The van der Waals surface area contributed by atoms with Crippen LogP contribution in [0.25, 0.3) is 0 Å². The lowest BCUT2D eigenvalue weighted by atomic mass is 10.1. The predicted octanol–water partition coefficient (Wildman–Crippen LogP) is 2.29. The lowest BCUT2D eigenvalue weighted by Crippen LogP contribution is -2.33. The maximum absolute atomic E-state index is 10.9. The minimum atomic E-state index is -1.02. The van der Waals surface area contributed by atoms with Gasteiger partial charge in [0.15, 0.2) is 5.69 Å². The zero-order chi connectivity index (χ0) is 13.7. The summed E-state index contributed by atoms with van der Waals surface area (Å²) < 4.78 is 0. The molecule has 1 N–H and O–H groups in total. The summed E-state index contributed by atoms with van der Waals surface area (Å²) in [6.45, 7) is 10.1. The van der Waals surface area contributed by atoms with E-state index < -0.39 is 5.97 Å². The molecule has 0 radical (unpaired) electrons. The van der Waals surface area contributed by atoms with Crippen LogP contribution < -0.4 is 4.90 Å². The van der Waals surface area contributed by atoms with Gasteiger partial charge in [0.2, 0.25) is 5.95 Å². The van der Waals surface area contributed by atoms with Crippen molar-refractivity contribution in [3.05, 3.63) is 18.0 Å². The van der Waals surface area contributed by atoms with Crippen molar-refractivity contribution in [3.8, 4) is 0 Å². The molecule has 1 heterocycles. The van der Waals surface area contributed by atoms with Crippen LogP contribution in [0.15, 0.2) is 12.3 Å². The van der Waals surface area contributed by atoms with Crippen molar-refractivity contribution in [3.63, 3.8) is 0 Å². The summed E-state index contributed by atoms with van der Waals surface area (Å²) >= 11 is 0. The maximum atomic E-state index is 10.9. The third kappa shape index (κ3) is 4.31. The normalized spacial score (nSPS) is 11.0. The second-order valence-electron chi connectivity index (χ2n) is 5.24. The lowest BCUT2D eigenvalue weighted by Gasteiger charge is -2.26. The molecule has 1 aromatic heterocycles. The van der Waals surface area contributed by atoms with Crippen LogP contribution in [0.2, 0.25) is 0 Å². The molecule has 5 heteroatoms. The first kappa shape index (κ1) is 14.4. The van der Waals surface area contributed by atoms with E-state index in [0.717, 1.165) is 13.1 Å². The van der Waals surface area contributed by atoms with Gasteiger partial charge in [-0.1, -0.05) is 27.7 Å². The van der Waals surface area contributed by atoms with E-state index in [4.69, 9.17) is 5.11 Å². The molecule has 100 valence electrons. The van der Waals surface area contributed by atoms with Crippen molar-refractivity contribution in [2.24, 2.45) is 11.8 Å². The number of aromatic carboxylic acids is 1. The molecule has 18 heavy (non-hydrogen) atoms. The van der Waals surface area contributed by atoms with Gasteiger partial charge in [0.05, 0.1) is 0 Å². The van der Waals surface area contributed by atoms with Crippen LogP contribution in [-0.4, -0.2) is 34.1 Å². The second-order valence-corrected chi connectivity index (χ2v) is 5.24. The molecule has 0 saturated carbocycles. The van der Waals surface area contributed by atoms with Crippen LogP contribution in [0.3, 0.4) is 0 Å². The monoisotopic (exact) mass is 251 g/mol. The molecule has 0 saturated heterocycles. The Bertz CT molecular complexity index is 395. The summed E-state index contributed by atoms with van der Waals surface area (Å²) in [5, 5.41) is 8.95. The average molecular weight is 251 g/mol. The molecule has 0 aromatic carbocycles. The van der Waals surface area contributed by atoms with E-state index in [2.05, 4.69) is 37.7 Å². The number of anilines is 1. The van der Waals surface area contributed by atoms with Gasteiger partial charge in [-0.3, -0.25) is 0 Å². The molecule has 5 nitrogen and oxygen atoms in total. The van der Waals surface area contributed by atoms with Gasteiger partial charge in [-0.05, 0) is 17.9 Å². The quantitative estimate of drug-likeness (QED) is 0.840. The summed E-state index contributed by atoms with van der Waals surface area (Å²) in [6, 6.07) is 1.41. The summed E-state index contributed by atoms with van der Waals surface area (Å²) in [6.07, 6.45) is 1.50. The van der Waals surface area contributed by atoms with Crippen LogP contribution in [0.1, 0.15) is 38.2 Å². The average Bonchev–Trinajstić information content (AvgIpc) is 2.27. The number of carboxylic acid groups (broad SMARTS) is 1. The molecule has 0 aliphatic rings. The van der Waals surface area contributed by atoms with Crippen molar-refractivity contribution >= 4 is 11.9 Å². The van der Waals surface area contributed by atoms with Crippen LogP contribution in [0, 0.1) is 11.8 Å². The number of rotatable bonds is 6. The smallest absolute Gasteiger partial charge is 0.354 e. The summed E-state index contributed by atoms with van der Waals surface area (Å²) in [5.41, 5.74) is 0.0394. The summed E-state index contributed by atoms with van der Waals surface area (Å²) in [5.74, 6) is 0.423. The highest BCUT2D eigenvalue weighted by atomic mass is 16.4. The Balaban J connectivity index is 2.96. The van der Waals surface area contributed by atoms with Crippen LogP contribution >= 0.6 is 0 Å². The Morgan fingerprint density at radius 3 is 2.28 bits per heavy atom. The molecule has 0 aliphatic heterocycles. The Morgan fingerprint density at radius 2 is 1.83 bits per heavy atom. The largest absolute Gasteiger partial charge is 0.477 e. The maximum Gasteiger partial charge on any atom is 0.354 e. The van der Waals surface area contributed by atoms with E-state index in [1.807, 2.05) is 4.90 Å². The molecule has 1 aromatic rings. The van der Waals surface area contributed by atoms with Gasteiger partial charge in [0.25, 0.3) is 0 Å². The topological polar surface area (TPSA) is 66.3 Å². The molecular formula is C13H21N3O2. The Morgan fingerprint density at radius 1 is 1.28 bits per heavy atom. The van der Waals surface area contributed by atoms with Gasteiger partial charge in [-0.25, -0.2) is 14.8 Å². The second kappa shape index (κ2) is 6.33. The Hall–Kier alpha value is -1.65. The number of nitrogens with zero attached hydrogens (tertiary/aromatic N) is 3. The van der Waals surface area contributed by atoms with Gasteiger partial charge in [-0.15, -0.1) is 0 Å². The summed E-state index contributed by atoms with van der Waals surface area (Å²) in [7, 11) is 0. The van der Waals surface area contributed by atoms with Crippen LogP contribution in [0.5, 0.6) is 0 Å². The zero-order valence-electron chi connectivity index (χ0n) is 11.4. The highest BCUT2D eigenvalue weighted by Gasteiger charge is 2.15. The molecule has 0 bridgehead atoms. The first-order valence-electron chi connectivity index (χ1n) is 6.21. The number of hydrogen-bond donors (Lipinski definition) is 1. The molecule has 1 rings (SSSR count). The molecule has 0 unspecified atom stereocenters. The van der Waals surface area contributed by atoms with Crippen molar-refractivity contribution in [2.45, 2.75) is 27.7 Å². The Kier molecular flexibility index (Phi) is 5.07. The number of carboxylic acids is 1. The highest BCUT2D eigenvalue weighted by Crippen LogP contribution is 2.12. The molecule has 0 amide bonds. The first-order chi connectivity index (χ1) is 8.40. The molecule has 0 spiro atoms. The Labute approximate surface area is 108 Å². The number of carbonyl (C=O) groups is 1. The molecule has 0 aliphatic carbocycles. The third-order valence-corrected chi connectivity index (χ3v) is 2.32. The third-order valence-electron chi connectivity index (χ3n) is 2.32. The first-order valence-corrected chi connectivity index (χ1v) is 6.21. The fraction of sp³-hybridized carbons (Fsp3) is 0.615. The van der Waals surface area contributed by atoms with Crippen molar-refractivity contribution in [2.75, 3.05) is 18.0 Å². The fourth-order valence-corrected chi connectivity index (χ4v) is 1.74. The molecule has 0 atom stereocenters. The van der Waals surface area contributed by atoms with Crippen molar-refractivity contribution < 1.29 is 9.90 Å². The van der Waals surface area contributed by atoms with E-state index in [1.165, 1.54) is 12.3 Å². The number of aromatic nitrogens is 2. The zero-order valence-corrected chi connectivity index (χ0v) is 11.4. The lowest BCUT2D eigenvalue weighted by molar-refractivity contribution is 0.0690. The van der Waals surface area contributed by atoms with E-state index in [0.29, 0.717) is 17.8 Å². The van der Waals surface area contributed by atoms with Gasteiger partial charge in [0, 0.05) is 19.3 Å². The summed E-state index contributed by atoms with van der Waals surface area (Å²) in [4.78, 5) is 21.2. The fourth-order valence-electron chi connectivity index (χ4n) is 1.74. The minimum Gasteiger partial charge on any atom is -0.477 e. The van der Waals surface area contributed by atoms with E-state index in [9.17, 15) is 4.79 Å². The van der Waals surface area contributed by atoms with Gasteiger partial charge in [-0.2, -0.15) is 0 Å². The highest BCUT2D eigenvalue weighted by molar-refractivity contribution is 5.85.